The van der Waals surface area contributed by atoms with E-state index in [2.05, 4.69) is 10.5 Å². The van der Waals surface area contributed by atoms with Crippen LogP contribution in [0.15, 0.2) is 29.4 Å². The average molecular weight is 293 g/mol. The topological polar surface area (TPSA) is 106 Å². The molecule has 2 rings (SSSR count). The Morgan fingerprint density at radius 3 is 3.00 bits per heavy atom. The third-order valence-electron chi connectivity index (χ3n) is 3.34. The first-order valence-electron chi connectivity index (χ1n) is 6.69. The van der Waals surface area contributed by atoms with Gasteiger partial charge in [-0.05, 0) is 31.9 Å². The maximum absolute atomic E-state index is 12.3. The molecule has 4 N–H and O–H groups in total. The number of oxime groups is 1. The van der Waals surface area contributed by atoms with Gasteiger partial charge in [-0.2, -0.15) is 0 Å². The smallest absolute Gasteiger partial charge is 0.256 e. The summed E-state index contributed by atoms with van der Waals surface area (Å²) in [7, 11) is 0. The van der Waals surface area contributed by atoms with Crippen molar-refractivity contribution >= 4 is 17.4 Å². The van der Waals surface area contributed by atoms with E-state index in [4.69, 9.17) is 20.4 Å². The zero-order chi connectivity index (χ0) is 15.3. The van der Waals surface area contributed by atoms with Gasteiger partial charge in [0.05, 0.1) is 5.69 Å². The molecule has 1 unspecified atom stereocenters. The van der Waals surface area contributed by atoms with Gasteiger partial charge in [0, 0.05) is 6.61 Å². The Hall–Kier alpha value is -2.28. The molecule has 1 aromatic rings. The molecule has 1 aliphatic rings. The summed E-state index contributed by atoms with van der Waals surface area (Å²) in [5, 5.41) is 14.1. The van der Waals surface area contributed by atoms with Crippen LogP contribution in [0.1, 0.15) is 19.8 Å². The maximum Gasteiger partial charge on any atom is 0.256 e. The van der Waals surface area contributed by atoms with Gasteiger partial charge in [0.25, 0.3) is 5.91 Å². The number of nitrogens with two attached hydrogens (primary N) is 1. The van der Waals surface area contributed by atoms with Crippen molar-refractivity contribution in [3.8, 4) is 5.75 Å². The quantitative estimate of drug-likeness (QED) is 0.328. The van der Waals surface area contributed by atoms with Crippen LogP contribution in [-0.2, 0) is 9.53 Å². The molecule has 1 atom stereocenters. The highest BCUT2D eigenvalue weighted by Gasteiger charge is 2.37. The predicted molar refractivity (Wildman–Crippen MR) is 77.6 cm³/mol. The fraction of sp³-hybridized carbons (Fsp3) is 0.429. The van der Waals surface area contributed by atoms with Gasteiger partial charge in [-0.1, -0.05) is 17.3 Å². The number of hydrogen-bond acceptors (Lipinski definition) is 5. The van der Waals surface area contributed by atoms with E-state index in [9.17, 15) is 4.79 Å². The first kappa shape index (κ1) is 15.1. The van der Waals surface area contributed by atoms with Gasteiger partial charge in [-0.25, -0.2) is 0 Å². The van der Waals surface area contributed by atoms with Crippen molar-refractivity contribution in [1.82, 2.24) is 0 Å². The van der Waals surface area contributed by atoms with Gasteiger partial charge in [0.15, 0.2) is 5.84 Å². The molecule has 114 valence electrons. The lowest BCUT2D eigenvalue weighted by Gasteiger charge is -2.22. The molecular formula is C14H19N3O4. The number of carbonyl (C=O) groups is 1. The molecule has 1 aromatic carbocycles. The van der Waals surface area contributed by atoms with Crippen molar-refractivity contribution in [1.29, 1.82) is 0 Å². The summed E-state index contributed by atoms with van der Waals surface area (Å²) in [6.07, 6.45) is 1.55. The molecule has 0 radical (unpaired) electrons. The molecule has 1 saturated heterocycles. The van der Waals surface area contributed by atoms with Crippen molar-refractivity contribution in [3.63, 3.8) is 0 Å². The predicted octanol–water partition coefficient (Wildman–Crippen LogP) is 1.32. The van der Waals surface area contributed by atoms with Gasteiger partial charge in [0.2, 0.25) is 0 Å². The van der Waals surface area contributed by atoms with E-state index in [1.165, 1.54) is 0 Å². The number of nitrogens with zero attached hydrogens (tertiary/aromatic N) is 1. The minimum Gasteiger partial charge on any atom is -0.483 e. The molecule has 0 aromatic heterocycles. The van der Waals surface area contributed by atoms with Gasteiger partial charge in [0.1, 0.15) is 18.0 Å². The van der Waals surface area contributed by atoms with E-state index >= 15 is 0 Å². The zero-order valence-corrected chi connectivity index (χ0v) is 11.8. The van der Waals surface area contributed by atoms with Crippen LogP contribution in [0.5, 0.6) is 5.75 Å². The number of carbonyl (C=O) groups excluding carboxylic acids is 1. The second-order valence-corrected chi connectivity index (χ2v) is 5.01. The molecule has 0 aliphatic carbocycles. The van der Waals surface area contributed by atoms with E-state index in [-0.39, 0.29) is 18.3 Å². The van der Waals surface area contributed by atoms with E-state index in [0.29, 0.717) is 24.5 Å². The molecule has 1 fully saturated rings. The minimum absolute atomic E-state index is 0.0535. The number of anilines is 1. The zero-order valence-electron chi connectivity index (χ0n) is 11.8. The number of nitrogens with one attached hydrogen (secondary N) is 1. The van der Waals surface area contributed by atoms with Crippen LogP contribution in [0.4, 0.5) is 5.69 Å². The average Bonchev–Trinajstić information content (AvgIpc) is 2.94. The lowest BCUT2D eigenvalue weighted by molar-refractivity contribution is -0.133. The summed E-state index contributed by atoms with van der Waals surface area (Å²) in [5.74, 6) is 0.182. The second-order valence-electron chi connectivity index (χ2n) is 5.01. The number of para-hydroxylation sites is 2. The number of amidine groups is 1. The molecule has 7 heteroatoms. The summed E-state index contributed by atoms with van der Waals surface area (Å²) < 4.78 is 10.9. The van der Waals surface area contributed by atoms with Gasteiger partial charge < -0.3 is 25.7 Å². The Labute approximate surface area is 122 Å². The van der Waals surface area contributed by atoms with Crippen LogP contribution in [0.3, 0.4) is 0 Å². The van der Waals surface area contributed by atoms with E-state index in [1.54, 1.807) is 31.2 Å². The van der Waals surface area contributed by atoms with Crippen molar-refractivity contribution in [2.45, 2.75) is 25.4 Å². The SMILES string of the molecule is CC1(C(=O)Nc2ccccc2OC/C(N)=N/O)CCCO1. The second kappa shape index (κ2) is 6.45. The highest BCUT2D eigenvalue weighted by molar-refractivity contribution is 5.98. The number of amides is 1. The fourth-order valence-electron chi connectivity index (χ4n) is 2.09. The molecule has 21 heavy (non-hydrogen) atoms. The molecular weight excluding hydrogens is 274 g/mol. The highest BCUT2D eigenvalue weighted by atomic mass is 16.5. The Morgan fingerprint density at radius 2 is 2.33 bits per heavy atom. The fourth-order valence-corrected chi connectivity index (χ4v) is 2.09. The Kier molecular flexibility index (Phi) is 4.64. The molecule has 1 aliphatic heterocycles. The number of ether oxygens (including phenoxy) is 2. The summed E-state index contributed by atoms with van der Waals surface area (Å²) in [6, 6.07) is 6.96. The number of benzene rings is 1. The number of hydrogen-bond donors (Lipinski definition) is 3. The standard InChI is InChI=1S/C14H19N3O4/c1-14(7-4-8-21-14)13(18)16-10-5-2-3-6-11(10)20-9-12(15)17-19/h2-3,5-6,19H,4,7-9H2,1H3,(H2,15,17)(H,16,18). The Morgan fingerprint density at radius 1 is 1.57 bits per heavy atom. The van der Waals surface area contributed by atoms with Crippen molar-refractivity contribution in [2.24, 2.45) is 10.9 Å². The first-order valence-corrected chi connectivity index (χ1v) is 6.69. The summed E-state index contributed by atoms with van der Waals surface area (Å²) in [6.45, 7) is 2.29. The summed E-state index contributed by atoms with van der Waals surface area (Å²) >= 11 is 0. The van der Waals surface area contributed by atoms with Crippen molar-refractivity contribution in [3.05, 3.63) is 24.3 Å². The Bertz CT molecular complexity index is 539. The molecule has 7 nitrogen and oxygen atoms in total. The van der Waals surface area contributed by atoms with E-state index < -0.39 is 5.60 Å². The molecule has 0 spiro atoms. The van der Waals surface area contributed by atoms with E-state index in [1.807, 2.05) is 0 Å². The van der Waals surface area contributed by atoms with Crippen LogP contribution in [-0.4, -0.2) is 35.8 Å². The first-order chi connectivity index (χ1) is 10.0. The molecule has 1 heterocycles. The van der Waals surface area contributed by atoms with Crippen LogP contribution in [0.2, 0.25) is 0 Å². The van der Waals surface area contributed by atoms with Crippen molar-refractivity contribution in [2.75, 3.05) is 18.5 Å². The van der Waals surface area contributed by atoms with Crippen LogP contribution in [0, 0.1) is 0 Å². The number of rotatable bonds is 5. The lowest BCUT2D eigenvalue weighted by Crippen LogP contribution is -2.39. The lowest BCUT2D eigenvalue weighted by atomic mass is 10.0. The minimum atomic E-state index is -0.807. The van der Waals surface area contributed by atoms with Crippen LogP contribution >= 0.6 is 0 Å². The van der Waals surface area contributed by atoms with Crippen LogP contribution in [0.25, 0.3) is 0 Å². The third-order valence-corrected chi connectivity index (χ3v) is 3.34. The van der Waals surface area contributed by atoms with Crippen LogP contribution < -0.4 is 15.8 Å². The van der Waals surface area contributed by atoms with Crippen molar-refractivity contribution < 1.29 is 19.5 Å². The summed E-state index contributed by atoms with van der Waals surface area (Å²) in [4.78, 5) is 12.3. The molecule has 0 bridgehead atoms. The normalized spacial score (nSPS) is 22.0. The Balaban J connectivity index is 2.07. The van der Waals surface area contributed by atoms with E-state index in [0.717, 1.165) is 6.42 Å². The maximum atomic E-state index is 12.3. The third kappa shape index (κ3) is 3.63. The largest absolute Gasteiger partial charge is 0.483 e. The monoisotopic (exact) mass is 293 g/mol. The highest BCUT2D eigenvalue weighted by Crippen LogP contribution is 2.29. The summed E-state index contributed by atoms with van der Waals surface area (Å²) in [5.41, 5.74) is 5.07. The molecule has 1 amide bonds. The van der Waals surface area contributed by atoms with Gasteiger partial charge >= 0.3 is 0 Å². The van der Waals surface area contributed by atoms with Gasteiger partial charge in [-0.15, -0.1) is 0 Å². The van der Waals surface area contributed by atoms with Gasteiger partial charge in [-0.3, -0.25) is 4.79 Å². The molecule has 0 saturated carbocycles.